The van der Waals surface area contributed by atoms with Crippen molar-refractivity contribution < 1.29 is 4.79 Å². The van der Waals surface area contributed by atoms with Crippen LogP contribution < -0.4 is 4.90 Å². The molecule has 1 heterocycles. The minimum atomic E-state index is 0.0795. The molecule has 0 aliphatic carbocycles. The van der Waals surface area contributed by atoms with E-state index in [0.717, 1.165) is 16.4 Å². The molecule has 4 heteroatoms. The lowest BCUT2D eigenvalue weighted by atomic mass is 10.2. The van der Waals surface area contributed by atoms with Gasteiger partial charge in [0, 0.05) is 29.7 Å². The Morgan fingerprint density at radius 1 is 0.833 bits per heavy atom. The van der Waals surface area contributed by atoms with Gasteiger partial charge >= 0.3 is 0 Å². The number of amides is 1. The van der Waals surface area contributed by atoms with Crippen molar-refractivity contribution >= 4 is 29.0 Å². The molecule has 3 aromatic rings. The van der Waals surface area contributed by atoms with Crippen LogP contribution in [0.15, 0.2) is 90.1 Å². The van der Waals surface area contributed by atoms with E-state index in [1.807, 2.05) is 78.9 Å². The zero-order valence-corrected chi connectivity index (χ0v) is 14.0. The lowest BCUT2D eigenvalue weighted by Gasteiger charge is -2.23. The van der Waals surface area contributed by atoms with Gasteiger partial charge < -0.3 is 0 Å². The number of benzene rings is 2. The molecule has 1 aromatic heterocycles. The maximum atomic E-state index is 12.8. The van der Waals surface area contributed by atoms with Gasteiger partial charge in [-0.1, -0.05) is 42.5 Å². The fourth-order valence-corrected chi connectivity index (χ4v) is 3.17. The molecule has 3 nitrogen and oxygen atoms in total. The van der Waals surface area contributed by atoms with Gasteiger partial charge in [-0.2, -0.15) is 0 Å². The molecule has 0 aliphatic heterocycles. The fourth-order valence-electron chi connectivity index (χ4n) is 2.38. The SMILES string of the molecule is O=C(CCSc1ccccn1)N(c1ccccc1)c1ccccc1. The van der Waals surface area contributed by atoms with Crippen molar-refractivity contribution in [1.82, 2.24) is 4.98 Å². The number of aromatic nitrogens is 1. The van der Waals surface area contributed by atoms with E-state index in [4.69, 9.17) is 0 Å². The van der Waals surface area contributed by atoms with Crippen molar-refractivity contribution in [1.29, 1.82) is 0 Å². The first-order valence-corrected chi connectivity index (χ1v) is 8.80. The van der Waals surface area contributed by atoms with Crippen LogP contribution in [0.4, 0.5) is 11.4 Å². The quantitative estimate of drug-likeness (QED) is 0.599. The van der Waals surface area contributed by atoms with E-state index in [0.29, 0.717) is 12.2 Å². The second kappa shape index (κ2) is 8.31. The summed E-state index contributed by atoms with van der Waals surface area (Å²) in [6.45, 7) is 0. The molecule has 120 valence electrons. The van der Waals surface area contributed by atoms with Crippen LogP contribution in [-0.2, 0) is 4.79 Å². The Hall–Kier alpha value is -2.59. The first-order chi connectivity index (χ1) is 11.8. The zero-order valence-electron chi connectivity index (χ0n) is 13.2. The highest BCUT2D eigenvalue weighted by atomic mass is 32.2. The molecule has 0 bridgehead atoms. The van der Waals surface area contributed by atoms with Gasteiger partial charge in [0.05, 0.1) is 5.03 Å². The Labute approximate surface area is 146 Å². The van der Waals surface area contributed by atoms with Crippen LogP contribution >= 0.6 is 11.8 Å². The zero-order chi connectivity index (χ0) is 16.6. The van der Waals surface area contributed by atoms with Crippen molar-refractivity contribution in [2.24, 2.45) is 0 Å². The molecule has 0 aliphatic rings. The van der Waals surface area contributed by atoms with Crippen molar-refractivity contribution in [2.45, 2.75) is 11.4 Å². The number of rotatable bonds is 6. The minimum Gasteiger partial charge on any atom is -0.281 e. The lowest BCUT2D eigenvalue weighted by molar-refractivity contribution is -0.117. The summed E-state index contributed by atoms with van der Waals surface area (Å²) in [6.07, 6.45) is 2.22. The van der Waals surface area contributed by atoms with Crippen LogP contribution in [0.25, 0.3) is 0 Å². The van der Waals surface area contributed by atoms with Gasteiger partial charge in [0.15, 0.2) is 0 Å². The van der Waals surface area contributed by atoms with E-state index in [-0.39, 0.29) is 5.91 Å². The predicted octanol–water partition coefficient (Wildman–Crippen LogP) is 4.93. The third-order valence-electron chi connectivity index (χ3n) is 3.48. The number of hydrogen-bond donors (Lipinski definition) is 0. The molecule has 0 fully saturated rings. The van der Waals surface area contributed by atoms with E-state index in [1.54, 1.807) is 22.9 Å². The van der Waals surface area contributed by atoms with Crippen LogP contribution in [0.1, 0.15) is 6.42 Å². The average Bonchev–Trinajstić information content (AvgIpc) is 2.65. The van der Waals surface area contributed by atoms with Crippen molar-refractivity contribution in [3.05, 3.63) is 85.1 Å². The summed E-state index contributed by atoms with van der Waals surface area (Å²) < 4.78 is 0. The maximum absolute atomic E-state index is 12.8. The first kappa shape index (κ1) is 16.3. The lowest BCUT2D eigenvalue weighted by Crippen LogP contribution is -2.26. The molecule has 0 radical (unpaired) electrons. The highest BCUT2D eigenvalue weighted by Gasteiger charge is 2.17. The Morgan fingerprint density at radius 3 is 1.96 bits per heavy atom. The summed E-state index contributed by atoms with van der Waals surface area (Å²) in [6, 6.07) is 25.3. The molecule has 24 heavy (non-hydrogen) atoms. The summed E-state index contributed by atoms with van der Waals surface area (Å²) in [5.41, 5.74) is 1.77. The van der Waals surface area contributed by atoms with E-state index in [9.17, 15) is 4.79 Å². The smallest absolute Gasteiger partial charge is 0.232 e. The summed E-state index contributed by atoms with van der Waals surface area (Å²) in [5.74, 6) is 0.780. The highest BCUT2D eigenvalue weighted by Crippen LogP contribution is 2.26. The Kier molecular flexibility index (Phi) is 5.64. The minimum absolute atomic E-state index is 0.0795. The van der Waals surface area contributed by atoms with Crippen molar-refractivity contribution in [2.75, 3.05) is 10.7 Å². The third-order valence-corrected chi connectivity index (χ3v) is 4.43. The second-order valence-corrected chi connectivity index (χ2v) is 6.28. The van der Waals surface area contributed by atoms with Crippen LogP contribution in [0, 0.1) is 0 Å². The molecule has 0 unspecified atom stereocenters. The molecule has 1 amide bonds. The van der Waals surface area contributed by atoms with E-state index in [1.165, 1.54) is 0 Å². The highest BCUT2D eigenvalue weighted by molar-refractivity contribution is 7.99. The van der Waals surface area contributed by atoms with Gasteiger partial charge in [0.1, 0.15) is 0 Å². The summed E-state index contributed by atoms with van der Waals surface area (Å²) in [7, 11) is 0. The number of carbonyl (C=O) groups excluding carboxylic acids is 1. The van der Waals surface area contributed by atoms with Crippen LogP contribution in [0.2, 0.25) is 0 Å². The number of carbonyl (C=O) groups is 1. The molecule has 3 rings (SSSR count). The van der Waals surface area contributed by atoms with Gasteiger partial charge in [0.2, 0.25) is 5.91 Å². The molecule has 0 N–H and O–H groups in total. The summed E-state index contributed by atoms with van der Waals surface area (Å²) in [5, 5.41) is 0.941. The molecule has 0 atom stereocenters. The van der Waals surface area contributed by atoms with E-state index < -0.39 is 0 Å². The Bertz CT molecular complexity index is 724. The normalized spacial score (nSPS) is 10.3. The predicted molar refractivity (Wildman–Crippen MR) is 99.6 cm³/mol. The largest absolute Gasteiger partial charge is 0.281 e. The molecule has 0 saturated heterocycles. The van der Waals surface area contributed by atoms with Crippen LogP contribution in [0.5, 0.6) is 0 Å². The number of nitrogens with zero attached hydrogens (tertiary/aromatic N) is 2. The number of hydrogen-bond acceptors (Lipinski definition) is 3. The van der Waals surface area contributed by atoms with Gasteiger partial charge in [-0.3, -0.25) is 9.69 Å². The molecular weight excluding hydrogens is 316 g/mol. The van der Waals surface area contributed by atoms with E-state index in [2.05, 4.69) is 4.98 Å². The molecule has 0 spiro atoms. The van der Waals surface area contributed by atoms with Gasteiger partial charge in [0.25, 0.3) is 0 Å². The third kappa shape index (κ3) is 4.24. The first-order valence-electron chi connectivity index (χ1n) is 7.81. The molecule has 2 aromatic carbocycles. The number of thioether (sulfide) groups is 1. The van der Waals surface area contributed by atoms with Crippen molar-refractivity contribution in [3.63, 3.8) is 0 Å². The standard InChI is InChI=1S/C20H18N2OS/c23-20(14-16-24-19-13-7-8-15-21-19)22(17-9-3-1-4-10-17)18-11-5-2-6-12-18/h1-13,15H,14,16H2. The monoisotopic (exact) mass is 334 g/mol. The number of pyridine rings is 1. The van der Waals surface area contributed by atoms with Gasteiger partial charge in [-0.05, 0) is 36.4 Å². The summed E-state index contributed by atoms with van der Waals surface area (Å²) in [4.78, 5) is 18.9. The summed E-state index contributed by atoms with van der Waals surface area (Å²) >= 11 is 1.60. The number of anilines is 2. The average molecular weight is 334 g/mol. The van der Waals surface area contributed by atoms with E-state index >= 15 is 0 Å². The Morgan fingerprint density at radius 2 is 1.42 bits per heavy atom. The second-order valence-electron chi connectivity index (χ2n) is 5.17. The van der Waals surface area contributed by atoms with Gasteiger partial charge in [-0.25, -0.2) is 4.98 Å². The van der Waals surface area contributed by atoms with Crippen LogP contribution in [-0.4, -0.2) is 16.6 Å². The Balaban J connectivity index is 1.72. The van der Waals surface area contributed by atoms with Crippen LogP contribution in [0.3, 0.4) is 0 Å². The number of para-hydroxylation sites is 2. The molecular formula is C20H18N2OS. The van der Waals surface area contributed by atoms with Gasteiger partial charge in [-0.15, -0.1) is 11.8 Å². The maximum Gasteiger partial charge on any atom is 0.232 e. The topological polar surface area (TPSA) is 33.2 Å². The fraction of sp³-hybridized carbons (Fsp3) is 0.100. The molecule has 0 saturated carbocycles. The van der Waals surface area contributed by atoms with Crippen molar-refractivity contribution in [3.8, 4) is 0 Å².